The molecule has 0 aliphatic rings. The Balaban J connectivity index is 1.64. The van der Waals surface area contributed by atoms with Gasteiger partial charge in [-0.2, -0.15) is 9.97 Å². The lowest BCUT2D eigenvalue weighted by Crippen LogP contribution is -2.02. The summed E-state index contributed by atoms with van der Waals surface area (Å²) in [4.78, 5) is 8.04. The standard InChI is InChI=1S/C18H16N2O3/c21-16-11-19-18(23-13-15-9-5-2-6-10-15)20-17(16)22-12-14-7-3-1-4-8-14/h1-11,21H,12-13H2. The molecule has 5 heteroatoms. The van der Waals surface area contributed by atoms with E-state index in [-0.39, 0.29) is 17.6 Å². The van der Waals surface area contributed by atoms with Crippen LogP contribution in [0.3, 0.4) is 0 Å². The molecule has 0 fully saturated rings. The van der Waals surface area contributed by atoms with E-state index in [0.29, 0.717) is 13.2 Å². The summed E-state index contributed by atoms with van der Waals surface area (Å²) in [7, 11) is 0. The van der Waals surface area contributed by atoms with Gasteiger partial charge in [0.2, 0.25) is 0 Å². The summed E-state index contributed by atoms with van der Waals surface area (Å²) < 4.78 is 11.1. The van der Waals surface area contributed by atoms with Gasteiger partial charge in [-0.25, -0.2) is 0 Å². The minimum atomic E-state index is -0.118. The molecule has 0 bridgehead atoms. The Labute approximate surface area is 134 Å². The third-order valence-corrected chi connectivity index (χ3v) is 3.14. The van der Waals surface area contributed by atoms with Crippen molar-refractivity contribution in [2.45, 2.75) is 13.2 Å². The van der Waals surface area contributed by atoms with E-state index in [1.54, 1.807) is 0 Å². The molecule has 1 aromatic heterocycles. The van der Waals surface area contributed by atoms with E-state index in [1.807, 2.05) is 60.7 Å². The number of rotatable bonds is 6. The first kappa shape index (κ1) is 14.8. The minimum absolute atomic E-state index is 0.104. The molecule has 1 N–H and O–H groups in total. The van der Waals surface area contributed by atoms with E-state index in [1.165, 1.54) is 6.20 Å². The van der Waals surface area contributed by atoms with Gasteiger partial charge in [-0.15, -0.1) is 0 Å². The van der Waals surface area contributed by atoms with E-state index in [2.05, 4.69) is 9.97 Å². The SMILES string of the molecule is Oc1cnc(OCc2ccccc2)nc1OCc1ccccc1. The summed E-state index contributed by atoms with van der Waals surface area (Å²) >= 11 is 0. The van der Waals surface area contributed by atoms with Crippen LogP contribution in [-0.4, -0.2) is 15.1 Å². The topological polar surface area (TPSA) is 64.5 Å². The lowest BCUT2D eigenvalue weighted by Gasteiger charge is -2.09. The summed E-state index contributed by atoms with van der Waals surface area (Å²) in [6.07, 6.45) is 1.27. The highest BCUT2D eigenvalue weighted by atomic mass is 16.5. The summed E-state index contributed by atoms with van der Waals surface area (Å²) in [6, 6.07) is 19.5. The fourth-order valence-electron chi connectivity index (χ4n) is 1.97. The van der Waals surface area contributed by atoms with E-state index in [9.17, 15) is 5.11 Å². The second-order valence-electron chi connectivity index (χ2n) is 4.89. The van der Waals surface area contributed by atoms with Crippen molar-refractivity contribution >= 4 is 0 Å². The van der Waals surface area contributed by atoms with Crippen molar-refractivity contribution in [1.82, 2.24) is 9.97 Å². The van der Waals surface area contributed by atoms with Crippen molar-refractivity contribution < 1.29 is 14.6 Å². The first-order valence-corrected chi connectivity index (χ1v) is 7.21. The fourth-order valence-corrected chi connectivity index (χ4v) is 1.97. The van der Waals surface area contributed by atoms with Crippen LogP contribution in [0.4, 0.5) is 0 Å². The first-order chi connectivity index (χ1) is 11.3. The zero-order valence-electron chi connectivity index (χ0n) is 12.4. The van der Waals surface area contributed by atoms with Gasteiger partial charge in [0.05, 0.1) is 6.20 Å². The second-order valence-corrected chi connectivity index (χ2v) is 4.89. The molecule has 2 aromatic carbocycles. The Morgan fingerprint density at radius 2 is 1.35 bits per heavy atom. The van der Waals surface area contributed by atoms with Crippen LogP contribution in [0.5, 0.6) is 17.6 Å². The molecule has 0 radical (unpaired) electrons. The quantitative estimate of drug-likeness (QED) is 0.756. The van der Waals surface area contributed by atoms with Crippen LogP contribution >= 0.6 is 0 Å². The number of benzene rings is 2. The Kier molecular flexibility index (Phi) is 4.69. The molecule has 116 valence electrons. The zero-order chi connectivity index (χ0) is 15.9. The highest BCUT2D eigenvalue weighted by molar-refractivity contribution is 5.30. The second kappa shape index (κ2) is 7.26. The van der Waals surface area contributed by atoms with Crippen LogP contribution in [0.25, 0.3) is 0 Å². The number of hydrogen-bond donors (Lipinski definition) is 1. The van der Waals surface area contributed by atoms with Crippen molar-refractivity contribution in [1.29, 1.82) is 0 Å². The zero-order valence-corrected chi connectivity index (χ0v) is 12.4. The summed E-state index contributed by atoms with van der Waals surface area (Å²) in [5, 5.41) is 9.79. The number of hydrogen-bond acceptors (Lipinski definition) is 5. The maximum atomic E-state index is 9.79. The molecule has 3 rings (SSSR count). The number of nitrogens with zero attached hydrogens (tertiary/aromatic N) is 2. The van der Waals surface area contributed by atoms with Gasteiger partial charge in [-0.3, -0.25) is 0 Å². The number of aromatic nitrogens is 2. The van der Waals surface area contributed by atoms with Gasteiger partial charge in [0.25, 0.3) is 5.88 Å². The van der Waals surface area contributed by atoms with E-state index < -0.39 is 0 Å². The van der Waals surface area contributed by atoms with Gasteiger partial charge in [-0.1, -0.05) is 60.7 Å². The summed E-state index contributed by atoms with van der Waals surface area (Å²) in [5.74, 6) is -0.0140. The molecule has 0 amide bonds. The van der Waals surface area contributed by atoms with Crippen LogP contribution < -0.4 is 9.47 Å². The monoisotopic (exact) mass is 308 g/mol. The molecule has 0 saturated carbocycles. The van der Waals surface area contributed by atoms with Gasteiger partial charge in [0, 0.05) is 0 Å². The largest absolute Gasteiger partial charge is 0.502 e. The molecule has 3 aromatic rings. The lowest BCUT2D eigenvalue weighted by molar-refractivity contribution is 0.248. The van der Waals surface area contributed by atoms with Crippen LogP contribution in [0, 0.1) is 0 Å². The van der Waals surface area contributed by atoms with Crippen LogP contribution in [0.2, 0.25) is 0 Å². The lowest BCUT2D eigenvalue weighted by atomic mass is 10.2. The number of aromatic hydroxyl groups is 1. The molecular weight excluding hydrogens is 292 g/mol. The summed E-state index contributed by atoms with van der Waals surface area (Å²) in [5.41, 5.74) is 1.99. The molecule has 0 unspecified atom stereocenters. The van der Waals surface area contributed by atoms with Crippen LogP contribution in [-0.2, 0) is 13.2 Å². The molecule has 0 atom stereocenters. The maximum absolute atomic E-state index is 9.79. The van der Waals surface area contributed by atoms with Gasteiger partial charge in [0.15, 0.2) is 5.75 Å². The van der Waals surface area contributed by atoms with E-state index in [4.69, 9.17) is 9.47 Å². The molecule has 0 spiro atoms. The Bertz CT molecular complexity index is 749. The van der Waals surface area contributed by atoms with Crippen LogP contribution in [0.1, 0.15) is 11.1 Å². The fraction of sp³-hybridized carbons (Fsp3) is 0.111. The van der Waals surface area contributed by atoms with Crippen LogP contribution in [0.15, 0.2) is 66.9 Å². The minimum Gasteiger partial charge on any atom is -0.502 e. The van der Waals surface area contributed by atoms with Crippen molar-refractivity contribution in [3.05, 3.63) is 78.0 Å². The van der Waals surface area contributed by atoms with Crippen molar-refractivity contribution in [3.8, 4) is 17.6 Å². The maximum Gasteiger partial charge on any atom is 0.320 e. The Morgan fingerprint density at radius 1 is 0.783 bits per heavy atom. The Hall–Kier alpha value is -3.08. The summed E-state index contributed by atoms with van der Waals surface area (Å²) in [6.45, 7) is 0.660. The third-order valence-electron chi connectivity index (χ3n) is 3.14. The molecule has 1 heterocycles. The first-order valence-electron chi connectivity index (χ1n) is 7.21. The molecule has 0 aliphatic carbocycles. The van der Waals surface area contributed by atoms with Crippen molar-refractivity contribution in [3.63, 3.8) is 0 Å². The van der Waals surface area contributed by atoms with Crippen molar-refractivity contribution in [2.24, 2.45) is 0 Å². The predicted octanol–water partition coefficient (Wildman–Crippen LogP) is 3.34. The molecule has 23 heavy (non-hydrogen) atoms. The third kappa shape index (κ3) is 4.20. The smallest absolute Gasteiger partial charge is 0.320 e. The molecule has 5 nitrogen and oxygen atoms in total. The number of ether oxygens (including phenoxy) is 2. The van der Waals surface area contributed by atoms with Gasteiger partial charge in [0.1, 0.15) is 13.2 Å². The van der Waals surface area contributed by atoms with E-state index >= 15 is 0 Å². The highest BCUT2D eigenvalue weighted by Gasteiger charge is 2.09. The normalized spacial score (nSPS) is 10.3. The molecular formula is C18H16N2O3. The van der Waals surface area contributed by atoms with Crippen molar-refractivity contribution in [2.75, 3.05) is 0 Å². The molecule has 0 aliphatic heterocycles. The average Bonchev–Trinajstić information content (AvgIpc) is 2.62. The Morgan fingerprint density at radius 3 is 1.96 bits per heavy atom. The van der Waals surface area contributed by atoms with Gasteiger partial charge < -0.3 is 14.6 Å². The average molecular weight is 308 g/mol. The van der Waals surface area contributed by atoms with Gasteiger partial charge in [-0.05, 0) is 11.1 Å². The molecule has 0 saturated heterocycles. The predicted molar refractivity (Wildman–Crippen MR) is 85.2 cm³/mol. The van der Waals surface area contributed by atoms with E-state index in [0.717, 1.165) is 11.1 Å². The highest BCUT2D eigenvalue weighted by Crippen LogP contribution is 2.25. The van der Waals surface area contributed by atoms with Gasteiger partial charge >= 0.3 is 6.01 Å².